The number of nitrogens with one attached hydrogen (secondary N) is 8. The Morgan fingerprint density at radius 1 is 0.838 bits per heavy atom. The van der Waals surface area contributed by atoms with Crippen LogP contribution in [0.3, 0.4) is 0 Å². The van der Waals surface area contributed by atoms with Crippen molar-refractivity contribution in [3.05, 3.63) is 47.2 Å². The van der Waals surface area contributed by atoms with Crippen LogP contribution in [0.25, 0.3) is 0 Å². The van der Waals surface area contributed by atoms with Crippen molar-refractivity contribution in [1.82, 2.24) is 42.1 Å². The zero-order valence-corrected chi connectivity index (χ0v) is 42.3. The molecule has 7 atom stereocenters. The number of aryl methyl sites for hydroxylation is 1. The van der Waals surface area contributed by atoms with Gasteiger partial charge in [-0.25, -0.2) is 9.79 Å². The highest BCUT2D eigenvalue weighted by molar-refractivity contribution is 6.40. The van der Waals surface area contributed by atoms with E-state index in [9.17, 15) is 53.4 Å². The number of aliphatic carboxylic acids is 1. The fraction of sp³-hybridized carbons (Fsp3) is 0.596. The number of aliphatic imine (C=N–C) groups is 1. The average Bonchev–Trinajstić information content (AvgIpc) is 3.86. The highest BCUT2D eigenvalue weighted by atomic mass is 16.4. The summed E-state index contributed by atoms with van der Waals surface area (Å²) in [5.41, 5.74) is 34.5. The van der Waals surface area contributed by atoms with E-state index in [0.717, 1.165) is 5.56 Å². The number of carbonyl (C=O) groups excluding carboxylic acids is 8. The molecule has 1 aromatic carbocycles. The summed E-state index contributed by atoms with van der Waals surface area (Å²) in [6, 6.07) is -0.458. The number of aliphatic hydroxyl groups excluding tert-OH is 1. The number of nitrogens with zero attached hydrogens (tertiary/aromatic N) is 2. The zero-order chi connectivity index (χ0) is 55.3. The van der Waals surface area contributed by atoms with Crippen molar-refractivity contribution in [2.45, 2.75) is 133 Å². The molecule has 0 saturated carbocycles. The third kappa shape index (κ3) is 22.5. The highest BCUT2D eigenvalue weighted by Crippen LogP contribution is 2.20. The summed E-state index contributed by atoms with van der Waals surface area (Å²) in [5.74, 6) is -8.40. The number of benzene rings is 1. The van der Waals surface area contributed by atoms with Gasteiger partial charge in [0.05, 0.1) is 18.7 Å². The minimum atomic E-state index is -1.57. The molecule has 2 rings (SSSR count). The smallest absolute Gasteiger partial charge is 0.352 e. The fourth-order valence-corrected chi connectivity index (χ4v) is 7.60. The lowest BCUT2D eigenvalue weighted by Gasteiger charge is -2.28. The Hall–Kier alpha value is -6.91. The van der Waals surface area contributed by atoms with E-state index >= 15 is 0 Å². The normalized spacial score (nSPS) is 16.1. The monoisotopic (exact) mass is 1040 g/mol. The maximum atomic E-state index is 14.2. The van der Waals surface area contributed by atoms with Gasteiger partial charge in [0, 0.05) is 26.1 Å². The van der Waals surface area contributed by atoms with E-state index in [2.05, 4.69) is 42.2 Å². The van der Waals surface area contributed by atoms with E-state index < -0.39 is 114 Å². The lowest BCUT2D eigenvalue weighted by atomic mass is 10.0. The van der Waals surface area contributed by atoms with E-state index in [1.807, 2.05) is 13.0 Å². The molecule has 22 N–H and O–H groups in total. The Morgan fingerprint density at radius 3 is 2.14 bits per heavy atom. The number of likely N-dealkylation sites (tertiary alicyclic amines) is 1. The van der Waals surface area contributed by atoms with Crippen LogP contribution in [-0.2, 0) is 49.6 Å². The molecule has 0 aromatic heterocycles. The van der Waals surface area contributed by atoms with Gasteiger partial charge in [-0.3, -0.25) is 43.8 Å². The molecule has 0 radical (unpaired) electrons. The number of aliphatic hydroxyl groups is 1. The van der Waals surface area contributed by atoms with Gasteiger partial charge in [-0.1, -0.05) is 42.3 Å². The second-order valence-electron chi connectivity index (χ2n) is 17.8. The molecule has 0 spiro atoms. The Balaban J connectivity index is 2.30. The first-order valence-corrected chi connectivity index (χ1v) is 24.7. The lowest BCUT2D eigenvalue weighted by Crippen LogP contribution is -2.60. The van der Waals surface area contributed by atoms with Crippen LogP contribution in [0, 0.1) is 12.3 Å². The number of nitrogens with two attached hydrogens (primary N) is 6. The standard InChI is InChI=1S/C47H78N16O11/c1-27-11-7-12-29(23-27)24-34(42(69)59-31(14-4-6-19-49)41(68)60-33(46(73)74)16-9-21-55-47(53)54)61-43(70)35-17-10-22-63(35)45(72)32(15-8-20-50)58-37(65)26-56-39(66)28(2)57-44(71)38(36(64)25-51)62-40(67)30(52)13-3-5-18-48/h7,11-12,16,23,28,30-31,34-36,38,64H,3-6,8-10,13-15,17-22,24-26,48-52H2,1-2H3,(H,56,66)(H,57,71)(H,59,69)(H,60,68)(H,61,70)(H,62,67)(H,73,74)(H4,53,54,55)/b33-16-,58-32+/t28-,30-,31-,34-,35-,36-,38-/m0/s1. The van der Waals surface area contributed by atoms with Gasteiger partial charge in [0.1, 0.15) is 41.6 Å². The molecule has 8 amide bonds. The van der Waals surface area contributed by atoms with Crippen LogP contribution in [0.2, 0.25) is 0 Å². The summed E-state index contributed by atoms with van der Waals surface area (Å²) < 4.78 is 0. The number of hydrogen-bond donors (Lipinski definition) is 16. The van der Waals surface area contributed by atoms with Gasteiger partial charge in [0.2, 0.25) is 35.4 Å². The molecule has 0 aliphatic carbocycles. The largest absolute Gasteiger partial charge is 0.477 e. The van der Waals surface area contributed by atoms with Gasteiger partial charge in [-0.15, -0.1) is 0 Å². The minimum Gasteiger partial charge on any atom is -0.477 e. The van der Waals surface area contributed by atoms with Crippen molar-refractivity contribution in [2.75, 3.05) is 45.8 Å². The van der Waals surface area contributed by atoms with Gasteiger partial charge in [-0.05, 0) is 103 Å². The Morgan fingerprint density at radius 2 is 1.51 bits per heavy atom. The number of carboxylic acids is 1. The number of amides is 8. The maximum absolute atomic E-state index is 14.2. The molecule has 0 bridgehead atoms. The van der Waals surface area contributed by atoms with Crippen molar-refractivity contribution < 1.29 is 53.4 Å². The van der Waals surface area contributed by atoms with Crippen molar-refractivity contribution in [3.63, 3.8) is 0 Å². The van der Waals surface area contributed by atoms with Crippen LogP contribution in [0.5, 0.6) is 0 Å². The van der Waals surface area contributed by atoms with E-state index in [1.165, 1.54) is 17.9 Å². The van der Waals surface area contributed by atoms with Crippen molar-refractivity contribution >= 4 is 64.9 Å². The molecule has 1 aliphatic heterocycles. The second-order valence-corrected chi connectivity index (χ2v) is 17.8. The van der Waals surface area contributed by atoms with Gasteiger partial charge >= 0.3 is 5.97 Å². The number of hydrogen-bond acceptors (Lipinski definition) is 16. The summed E-state index contributed by atoms with van der Waals surface area (Å²) in [4.78, 5) is 126. The van der Waals surface area contributed by atoms with Crippen LogP contribution in [0.4, 0.5) is 0 Å². The summed E-state index contributed by atoms with van der Waals surface area (Å²) >= 11 is 0. The van der Waals surface area contributed by atoms with Gasteiger partial charge in [0.25, 0.3) is 11.8 Å². The van der Waals surface area contributed by atoms with Crippen LogP contribution in [0.15, 0.2) is 41.0 Å². The summed E-state index contributed by atoms with van der Waals surface area (Å²) in [5, 5.41) is 44.9. The zero-order valence-electron chi connectivity index (χ0n) is 42.3. The van der Waals surface area contributed by atoms with Gasteiger partial charge < -0.3 is 86.7 Å². The third-order valence-corrected chi connectivity index (χ3v) is 11.7. The number of rotatable bonds is 33. The highest BCUT2D eigenvalue weighted by Gasteiger charge is 2.38. The summed E-state index contributed by atoms with van der Waals surface area (Å²) in [6.45, 7) is 2.94. The predicted molar refractivity (Wildman–Crippen MR) is 274 cm³/mol. The molecule has 1 heterocycles. The molecule has 27 nitrogen and oxygen atoms in total. The van der Waals surface area contributed by atoms with Gasteiger partial charge in [0.15, 0.2) is 5.96 Å². The molecule has 1 aliphatic rings. The molecule has 74 heavy (non-hydrogen) atoms. The molecule has 412 valence electrons. The molecule has 1 saturated heterocycles. The SMILES string of the molecule is Cc1cccc(C[C@H](NC(=O)[C@@H]2CCCN2C(=O)/C(CCCN)=N/C(=O)CNC(=O)[C@H](C)NC(=O)[C@@H](NC(=O)[C@@H](N)CCCCN)[C@@H](O)CN)C(=O)N[C@@H](CCCCN)C(=O)N/C(=C\CCNC(=N)N)C(=O)O)c1. The summed E-state index contributed by atoms with van der Waals surface area (Å²) in [7, 11) is 0. The van der Waals surface area contributed by atoms with E-state index in [0.29, 0.717) is 44.2 Å². The van der Waals surface area contributed by atoms with E-state index in [4.69, 9.17) is 39.8 Å². The van der Waals surface area contributed by atoms with Crippen molar-refractivity contribution in [1.29, 1.82) is 5.41 Å². The average molecular weight is 1040 g/mol. The summed E-state index contributed by atoms with van der Waals surface area (Å²) in [6.07, 6.45) is 2.70. The lowest BCUT2D eigenvalue weighted by molar-refractivity contribution is -0.137. The molecule has 1 aromatic rings. The fourth-order valence-electron chi connectivity index (χ4n) is 7.60. The molecule has 1 fully saturated rings. The van der Waals surface area contributed by atoms with Crippen LogP contribution < -0.4 is 71.6 Å². The third-order valence-electron chi connectivity index (χ3n) is 11.7. The van der Waals surface area contributed by atoms with Crippen LogP contribution in [0.1, 0.15) is 88.7 Å². The second kappa shape index (κ2) is 33.7. The molecular formula is C47H78N16O11. The first-order valence-electron chi connectivity index (χ1n) is 24.7. The van der Waals surface area contributed by atoms with Crippen molar-refractivity contribution in [2.24, 2.45) is 39.4 Å². The number of guanidine groups is 1. The van der Waals surface area contributed by atoms with E-state index in [1.54, 1.807) is 18.2 Å². The Kier molecular flexibility index (Phi) is 28.8. The van der Waals surface area contributed by atoms with Crippen LogP contribution in [-0.4, -0.2) is 168 Å². The number of carboxylic acid groups (broad SMARTS) is 1. The van der Waals surface area contributed by atoms with Crippen LogP contribution >= 0.6 is 0 Å². The molecule has 0 unspecified atom stereocenters. The first kappa shape index (κ1) is 63.2. The Bertz CT molecular complexity index is 2160. The van der Waals surface area contributed by atoms with Crippen molar-refractivity contribution in [3.8, 4) is 0 Å². The minimum absolute atomic E-state index is 0.0519. The maximum Gasteiger partial charge on any atom is 0.352 e. The number of unbranched alkanes of at least 4 members (excludes halogenated alkanes) is 2. The Labute approximate surface area is 430 Å². The first-order chi connectivity index (χ1) is 35.2. The quantitative estimate of drug-likeness (QED) is 0.0136. The van der Waals surface area contributed by atoms with E-state index in [-0.39, 0.29) is 82.8 Å². The topological polar surface area (TPSA) is 474 Å². The number of carbonyl (C=O) groups is 9. The molecule has 27 heteroatoms. The molecular weight excluding hydrogens is 965 g/mol. The van der Waals surface area contributed by atoms with Gasteiger partial charge in [-0.2, -0.15) is 0 Å². The predicted octanol–water partition coefficient (Wildman–Crippen LogP) is -4.83.